The summed E-state index contributed by atoms with van der Waals surface area (Å²) >= 11 is 1.09. The highest BCUT2D eigenvalue weighted by Crippen LogP contribution is 2.30. The number of aliphatic carboxylic acids is 2. The predicted octanol–water partition coefficient (Wildman–Crippen LogP) is 2.46. The molecule has 22 heteroatoms. The molecule has 4 rings (SSSR count). The number of benzene rings is 1. The first-order chi connectivity index (χ1) is 21.6. The van der Waals surface area contributed by atoms with Gasteiger partial charge in [-0.2, -0.15) is 26.3 Å². The number of carbonyl (C=O) groups is 3. The Morgan fingerprint density at radius 1 is 1.06 bits per heavy atom. The molecule has 1 atom stereocenters. The average Bonchev–Trinajstić information content (AvgIpc) is 3.60. The monoisotopic (exact) mass is 713 g/mol. The first kappa shape index (κ1) is 38.4. The number of amidine groups is 1. The van der Waals surface area contributed by atoms with Gasteiger partial charge in [-0.3, -0.25) is 15.5 Å². The molecule has 3 aromatic rings. The highest BCUT2D eigenvalue weighted by Gasteiger charge is 2.39. The molecule has 0 unspecified atom stereocenters. The number of anilines is 1. The van der Waals surface area contributed by atoms with Crippen molar-refractivity contribution >= 4 is 50.8 Å². The molecule has 1 aliphatic rings. The molecule has 14 nitrogen and oxygen atoms in total. The lowest BCUT2D eigenvalue weighted by Gasteiger charge is -2.17. The van der Waals surface area contributed by atoms with Crippen LogP contribution in [0.4, 0.5) is 32.3 Å². The number of nitrogens with one attached hydrogen (secondary N) is 2. The van der Waals surface area contributed by atoms with E-state index < -0.39 is 40.2 Å². The molecule has 0 radical (unpaired) electrons. The quantitative estimate of drug-likeness (QED) is 0.112. The van der Waals surface area contributed by atoms with Crippen LogP contribution < -0.4 is 16.8 Å². The number of nitrogens with two attached hydrogens (primary N) is 2. The molecule has 47 heavy (non-hydrogen) atoms. The Kier molecular flexibility index (Phi) is 12.8. The van der Waals surface area contributed by atoms with Crippen molar-refractivity contribution in [3.05, 3.63) is 59.8 Å². The van der Waals surface area contributed by atoms with Crippen molar-refractivity contribution in [3.63, 3.8) is 0 Å². The van der Waals surface area contributed by atoms with Crippen LogP contribution in [-0.2, 0) is 30.8 Å². The van der Waals surface area contributed by atoms with Crippen molar-refractivity contribution in [2.75, 3.05) is 18.2 Å². The van der Waals surface area contributed by atoms with Crippen LogP contribution in [0.25, 0.3) is 10.6 Å². The Morgan fingerprint density at radius 2 is 1.66 bits per heavy atom. The van der Waals surface area contributed by atoms with Crippen LogP contribution >= 0.6 is 11.3 Å². The number of carboxylic acid groups (broad SMARTS) is 2. The Labute approximate surface area is 265 Å². The summed E-state index contributed by atoms with van der Waals surface area (Å²) in [4.78, 5) is 40.9. The highest BCUT2D eigenvalue weighted by atomic mass is 32.2. The second kappa shape index (κ2) is 15.6. The van der Waals surface area contributed by atoms with Gasteiger partial charge in [0.25, 0.3) is 0 Å². The van der Waals surface area contributed by atoms with Crippen molar-refractivity contribution in [2.45, 2.75) is 35.6 Å². The molecule has 1 saturated heterocycles. The zero-order chi connectivity index (χ0) is 35.7. The van der Waals surface area contributed by atoms with E-state index in [0.29, 0.717) is 35.6 Å². The van der Waals surface area contributed by atoms with E-state index >= 15 is 0 Å². The zero-order valence-electron chi connectivity index (χ0n) is 23.5. The van der Waals surface area contributed by atoms with Crippen LogP contribution in [0.2, 0.25) is 0 Å². The average molecular weight is 714 g/mol. The van der Waals surface area contributed by atoms with E-state index in [0.717, 1.165) is 16.9 Å². The van der Waals surface area contributed by atoms with Gasteiger partial charge in [-0.15, -0.1) is 11.3 Å². The minimum atomic E-state index is -5.08. The van der Waals surface area contributed by atoms with Gasteiger partial charge >= 0.3 is 24.3 Å². The van der Waals surface area contributed by atoms with Gasteiger partial charge in [-0.1, -0.05) is 18.2 Å². The summed E-state index contributed by atoms with van der Waals surface area (Å²) in [6.07, 6.45) is -8.14. The molecule has 3 heterocycles. The van der Waals surface area contributed by atoms with Crippen LogP contribution in [0.15, 0.2) is 52.9 Å². The number of hydrogen-bond donors (Lipinski definition) is 6. The number of hydrogen-bond acceptors (Lipinski definition) is 11. The van der Waals surface area contributed by atoms with Gasteiger partial charge in [0.2, 0.25) is 21.7 Å². The maximum Gasteiger partial charge on any atom is 0.490 e. The van der Waals surface area contributed by atoms with Crippen LogP contribution in [0.1, 0.15) is 17.5 Å². The standard InChI is InChI=1S/C21H23N7O3S2.2C2HF3O2/c22-19(23)14-3-1-2-13(10-14)11-28-9-7-16(20(28)29)26-12-33(30,31)18-5-4-17(32-18)15-6-8-25-21(24)27-15;2*3-2(4,5)1(6)7/h1-6,8,10,16,26H,7,9,11-12H2,(H3,22,23)(H2,24,25,27);2*(H,6,7)/t16-;;/m0../s1. The van der Waals surface area contributed by atoms with Gasteiger partial charge in [-0.05, 0) is 36.2 Å². The van der Waals surface area contributed by atoms with Crippen LogP contribution in [0.3, 0.4) is 0 Å². The molecule has 0 bridgehead atoms. The third-order valence-electron chi connectivity index (χ3n) is 5.73. The van der Waals surface area contributed by atoms with Crippen molar-refractivity contribution in [1.82, 2.24) is 20.2 Å². The van der Waals surface area contributed by atoms with E-state index in [9.17, 15) is 39.6 Å². The van der Waals surface area contributed by atoms with E-state index in [1.807, 2.05) is 6.07 Å². The van der Waals surface area contributed by atoms with Crippen LogP contribution in [-0.4, -0.2) is 88.0 Å². The lowest BCUT2D eigenvalue weighted by Crippen LogP contribution is -2.40. The number of likely N-dealkylation sites (tertiary alicyclic amines) is 1. The topological polar surface area (TPSA) is 243 Å². The smallest absolute Gasteiger partial charge is 0.475 e. The number of carboxylic acids is 2. The van der Waals surface area contributed by atoms with E-state index in [4.69, 9.17) is 36.7 Å². The third-order valence-corrected chi connectivity index (χ3v) is 8.94. The van der Waals surface area contributed by atoms with Crippen molar-refractivity contribution in [1.29, 1.82) is 5.41 Å². The lowest BCUT2D eigenvalue weighted by molar-refractivity contribution is -0.193. The summed E-state index contributed by atoms with van der Waals surface area (Å²) in [7, 11) is -3.64. The second-order valence-electron chi connectivity index (χ2n) is 9.20. The number of alkyl halides is 6. The molecule has 0 spiro atoms. The van der Waals surface area contributed by atoms with Gasteiger partial charge in [0.05, 0.1) is 16.6 Å². The zero-order valence-corrected chi connectivity index (χ0v) is 25.2. The fraction of sp³-hybridized carbons (Fsp3) is 0.280. The van der Waals surface area contributed by atoms with E-state index in [-0.39, 0.29) is 27.8 Å². The van der Waals surface area contributed by atoms with E-state index in [1.165, 1.54) is 12.3 Å². The number of halogens is 6. The minimum absolute atomic E-state index is 0.0331. The number of nitrogens with zero attached hydrogens (tertiary/aromatic N) is 3. The number of carbonyl (C=O) groups excluding carboxylic acids is 1. The Bertz CT molecular complexity index is 1690. The number of thiophene rings is 1. The van der Waals surface area contributed by atoms with E-state index in [2.05, 4.69) is 15.3 Å². The normalized spacial score (nSPS) is 14.8. The van der Waals surface area contributed by atoms with Gasteiger partial charge in [0.15, 0.2) is 0 Å². The number of aromatic nitrogens is 2. The first-order valence-corrected chi connectivity index (χ1v) is 15.1. The molecular formula is C25H25F6N7O7S2. The SMILES string of the molecule is N=C(N)c1cccc(CN2CC[C@H](NCS(=O)(=O)c3ccc(-c4ccnc(N)n4)s3)C2=O)c1.O=C(O)C(F)(F)F.O=C(O)C(F)(F)F. The summed E-state index contributed by atoms with van der Waals surface area (Å²) in [5, 5.41) is 24.7. The largest absolute Gasteiger partial charge is 0.490 e. The number of amides is 1. The molecular weight excluding hydrogens is 688 g/mol. The highest BCUT2D eigenvalue weighted by molar-refractivity contribution is 7.93. The fourth-order valence-corrected chi connectivity index (χ4v) is 6.06. The molecule has 8 N–H and O–H groups in total. The number of sulfone groups is 1. The van der Waals surface area contributed by atoms with Crippen molar-refractivity contribution in [2.24, 2.45) is 5.73 Å². The second-order valence-corrected chi connectivity index (χ2v) is 12.5. The number of rotatable bonds is 8. The van der Waals surface area contributed by atoms with Crippen LogP contribution in [0, 0.1) is 5.41 Å². The summed E-state index contributed by atoms with van der Waals surface area (Å²) in [5.41, 5.74) is 13.1. The lowest BCUT2D eigenvalue weighted by atomic mass is 10.1. The summed E-state index contributed by atoms with van der Waals surface area (Å²) < 4.78 is 89.3. The maximum atomic E-state index is 12.8. The molecule has 256 valence electrons. The molecule has 2 aromatic heterocycles. The minimum Gasteiger partial charge on any atom is -0.475 e. The Hall–Kier alpha value is -4.83. The van der Waals surface area contributed by atoms with Crippen LogP contribution in [0.5, 0.6) is 0 Å². The first-order valence-electron chi connectivity index (χ1n) is 12.6. The third kappa shape index (κ3) is 11.8. The molecule has 1 amide bonds. The summed E-state index contributed by atoms with van der Waals surface area (Å²) in [6, 6.07) is 11.5. The summed E-state index contributed by atoms with van der Waals surface area (Å²) in [6.45, 7) is 0.889. The molecule has 0 aliphatic carbocycles. The maximum absolute atomic E-state index is 12.8. The number of nitrogen functional groups attached to an aromatic ring is 2. The molecule has 0 saturated carbocycles. The summed E-state index contributed by atoms with van der Waals surface area (Å²) in [5.74, 6) is -5.93. The van der Waals surface area contributed by atoms with Gasteiger partial charge in [-0.25, -0.2) is 28.0 Å². The predicted molar refractivity (Wildman–Crippen MR) is 154 cm³/mol. The molecule has 1 aromatic carbocycles. The van der Waals surface area contributed by atoms with Gasteiger partial charge in [0, 0.05) is 24.8 Å². The fourth-order valence-electron chi connectivity index (χ4n) is 3.56. The molecule has 1 fully saturated rings. The van der Waals surface area contributed by atoms with Crippen molar-refractivity contribution in [3.8, 4) is 10.6 Å². The van der Waals surface area contributed by atoms with Crippen molar-refractivity contribution < 1.29 is 59.4 Å². The Balaban J connectivity index is 0.000000459. The molecule has 1 aliphatic heterocycles. The van der Waals surface area contributed by atoms with Gasteiger partial charge < -0.3 is 26.6 Å². The Morgan fingerprint density at radius 3 is 2.19 bits per heavy atom. The van der Waals surface area contributed by atoms with E-state index in [1.54, 1.807) is 35.2 Å². The van der Waals surface area contributed by atoms with Gasteiger partial charge in [0.1, 0.15) is 15.9 Å².